The smallest absolute Gasteiger partial charge is 0.0463 e. The Balaban J connectivity index is 2.18. The highest BCUT2D eigenvalue weighted by Crippen LogP contribution is 2.43. The van der Waals surface area contributed by atoms with Crippen molar-refractivity contribution in [1.29, 1.82) is 0 Å². The third-order valence-electron chi connectivity index (χ3n) is 3.26. The molecule has 0 radical (unpaired) electrons. The molecule has 2 heteroatoms. The molecular formula is C12H19NS. The molecule has 1 aliphatic rings. The lowest BCUT2D eigenvalue weighted by molar-refractivity contribution is 0.101. The van der Waals surface area contributed by atoms with Gasteiger partial charge in [-0.05, 0) is 35.3 Å². The Morgan fingerprint density at radius 3 is 2.50 bits per heavy atom. The molecule has 2 rings (SSSR count). The molecule has 2 heterocycles. The van der Waals surface area contributed by atoms with Crippen LogP contribution in [0.15, 0.2) is 11.4 Å². The first-order valence-corrected chi connectivity index (χ1v) is 6.15. The molecule has 2 atom stereocenters. The lowest BCUT2D eigenvalue weighted by atomic mass is 9.71. The second kappa shape index (κ2) is 3.35. The van der Waals surface area contributed by atoms with Gasteiger partial charge in [0.25, 0.3) is 0 Å². The van der Waals surface area contributed by atoms with Crippen molar-refractivity contribution in [1.82, 2.24) is 5.32 Å². The second-order valence-electron chi connectivity index (χ2n) is 5.33. The van der Waals surface area contributed by atoms with Crippen LogP contribution in [-0.2, 0) is 0 Å². The molecule has 78 valence electrons. The van der Waals surface area contributed by atoms with Gasteiger partial charge in [-0.15, -0.1) is 11.3 Å². The number of nitrogens with one attached hydrogen (secondary N) is 1. The van der Waals surface area contributed by atoms with Crippen molar-refractivity contribution in [2.24, 2.45) is 11.3 Å². The van der Waals surface area contributed by atoms with E-state index in [0.29, 0.717) is 11.5 Å². The van der Waals surface area contributed by atoms with Crippen LogP contribution >= 0.6 is 11.3 Å². The van der Waals surface area contributed by atoms with E-state index in [9.17, 15) is 0 Å². The third kappa shape index (κ3) is 1.61. The largest absolute Gasteiger partial charge is 0.309 e. The van der Waals surface area contributed by atoms with Crippen molar-refractivity contribution in [3.63, 3.8) is 0 Å². The maximum atomic E-state index is 3.56. The SMILES string of the molecule is Cc1ccsc1C1NCC1C(C)(C)C. The summed E-state index contributed by atoms with van der Waals surface area (Å²) in [4.78, 5) is 1.54. The van der Waals surface area contributed by atoms with Crippen molar-refractivity contribution in [2.75, 3.05) is 6.54 Å². The van der Waals surface area contributed by atoms with Crippen LogP contribution in [0.1, 0.15) is 37.3 Å². The summed E-state index contributed by atoms with van der Waals surface area (Å²) >= 11 is 1.89. The fourth-order valence-corrected chi connectivity index (χ4v) is 3.21. The van der Waals surface area contributed by atoms with E-state index in [1.54, 1.807) is 0 Å². The first-order chi connectivity index (χ1) is 6.50. The molecule has 0 aromatic carbocycles. The van der Waals surface area contributed by atoms with Gasteiger partial charge in [0.15, 0.2) is 0 Å². The molecule has 14 heavy (non-hydrogen) atoms. The van der Waals surface area contributed by atoms with Gasteiger partial charge in [-0.3, -0.25) is 0 Å². The zero-order valence-electron chi connectivity index (χ0n) is 9.42. The lowest BCUT2D eigenvalue weighted by Gasteiger charge is -2.46. The first-order valence-electron chi connectivity index (χ1n) is 5.27. The van der Waals surface area contributed by atoms with Crippen LogP contribution in [0.5, 0.6) is 0 Å². The zero-order valence-corrected chi connectivity index (χ0v) is 10.2. The molecule has 1 aromatic heterocycles. The van der Waals surface area contributed by atoms with Gasteiger partial charge in [-0.2, -0.15) is 0 Å². The topological polar surface area (TPSA) is 12.0 Å². The van der Waals surface area contributed by atoms with Crippen LogP contribution in [0.2, 0.25) is 0 Å². The molecule has 1 saturated heterocycles. The van der Waals surface area contributed by atoms with Crippen LogP contribution in [-0.4, -0.2) is 6.54 Å². The van der Waals surface area contributed by atoms with Gasteiger partial charge in [0, 0.05) is 17.5 Å². The van der Waals surface area contributed by atoms with Gasteiger partial charge in [-0.25, -0.2) is 0 Å². The number of hydrogen-bond acceptors (Lipinski definition) is 2. The van der Waals surface area contributed by atoms with E-state index in [4.69, 9.17) is 0 Å². The minimum absolute atomic E-state index is 0.423. The van der Waals surface area contributed by atoms with E-state index >= 15 is 0 Å². The summed E-state index contributed by atoms with van der Waals surface area (Å²) in [7, 11) is 0. The Morgan fingerprint density at radius 2 is 2.14 bits per heavy atom. The Labute approximate surface area is 90.5 Å². The van der Waals surface area contributed by atoms with Crippen molar-refractivity contribution >= 4 is 11.3 Å². The number of aryl methyl sites for hydroxylation is 1. The van der Waals surface area contributed by atoms with Gasteiger partial charge >= 0.3 is 0 Å². The van der Waals surface area contributed by atoms with Crippen LogP contribution < -0.4 is 5.32 Å². The van der Waals surface area contributed by atoms with Crippen molar-refractivity contribution in [3.8, 4) is 0 Å². The van der Waals surface area contributed by atoms with Crippen molar-refractivity contribution < 1.29 is 0 Å². The van der Waals surface area contributed by atoms with E-state index in [1.807, 2.05) is 11.3 Å². The van der Waals surface area contributed by atoms with Crippen LogP contribution in [0.3, 0.4) is 0 Å². The van der Waals surface area contributed by atoms with Gasteiger partial charge in [0.2, 0.25) is 0 Å². The summed E-state index contributed by atoms with van der Waals surface area (Å²) in [5.41, 5.74) is 1.87. The predicted octanol–water partition coefficient (Wildman–Crippen LogP) is 3.36. The van der Waals surface area contributed by atoms with Gasteiger partial charge in [0.05, 0.1) is 0 Å². The highest BCUT2D eigenvalue weighted by Gasteiger charge is 2.40. The van der Waals surface area contributed by atoms with Gasteiger partial charge in [-0.1, -0.05) is 20.8 Å². The Kier molecular flexibility index (Phi) is 2.44. The quantitative estimate of drug-likeness (QED) is 0.748. The number of thiophene rings is 1. The van der Waals surface area contributed by atoms with E-state index in [2.05, 4.69) is 44.5 Å². The zero-order chi connectivity index (χ0) is 10.3. The lowest BCUT2D eigenvalue weighted by Crippen LogP contribution is -2.51. The minimum atomic E-state index is 0.423. The summed E-state index contributed by atoms with van der Waals surface area (Å²) in [5, 5.41) is 5.75. The molecule has 0 bridgehead atoms. The average Bonchev–Trinajstić information content (AvgIpc) is 2.30. The van der Waals surface area contributed by atoms with Crippen molar-refractivity contribution in [3.05, 3.63) is 21.9 Å². The molecule has 1 N–H and O–H groups in total. The van der Waals surface area contributed by atoms with Crippen LogP contribution in [0.25, 0.3) is 0 Å². The van der Waals surface area contributed by atoms with Crippen LogP contribution in [0, 0.1) is 18.3 Å². The summed E-state index contributed by atoms with van der Waals surface area (Å²) in [6.45, 7) is 10.4. The first kappa shape index (κ1) is 10.2. The molecule has 1 fully saturated rings. The van der Waals surface area contributed by atoms with E-state index < -0.39 is 0 Å². The summed E-state index contributed by atoms with van der Waals surface area (Å²) in [6.07, 6.45) is 0. The molecule has 1 nitrogen and oxygen atoms in total. The Hall–Kier alpha value is -0.340. The molecule has 2 unspecified atom stereocenters. The normalized spacial score (nSPS) is 27.4. The Morgan fingerprint density at radius 1 is 1.43 bits per heavy atom. The molecule has 0 saturated carbocycles. The molecule has 1 aliphatic heterocycles. The summed E-state index contributed by atoms with van der Waals surface area (Å²) in [6, 6.07) is 2.83. The monoisotopic (exact) mass is 209 g/mol. The van der Waals surface area contributed by atoms with E-state index in [0.717, 1.165) is 5.92 Å². The summed E-state index contributed by atoms with van der Waals surface area (Å²) < 4.78 is 0. The van der Waals surface area contributed by atoms with Gasteiger partial charge < -0.3 is 5.32 Å². The maximum Gasteiger partial charge on any atom is 0.0463 e. The molecular weight excluding hydrogens is 190 g/mol. The highest BCUT2D eigenvalue weighted by molar-refractivity contribution is 7.10. The Bertz CT molecular complexity index is 321. The molecule has 0 aliphatic carbocycles. The van der Waals surface area contributed by atoms with Gasteiger partial charge in [0.1, 0.15) is 0 Å². The predicted molar refractivity (Wildman–Crippen MR) is 62.7 cm³/mol. The summed E-state index contributed by atoms with van der Waals surface area (Å²) in [5.74, 6) is 0.792. The van der Waals surface area contributed by atoms with E-state index in [1.165, 1.54) is 17.0 Å². The fourth-order valence-electron chi connectivity index (χ4n) is 2.14. The second-order valence-corrected chi connectivity index (χ2v) is 6.27. The minimum Gasteiger partial charge on any atom is -0.309 e. The number of hydrogen-bond donors (Lipinski definition) is 1. The standard InChI is InChI=1S/C12H19NS/c1-8-5-6-14-11(8)10-9(7-13-10)12(2,3)4/h5-6,9-10,13H,7H2,1-4H3. The number of rotatable bonds is 1. The van der Waals surface area contributed by atoms with E-state index in [-0.39, 0.29) is 0 Å². The van der Waals surface area contributed by atoms with Crippen molar-refractivity contribution in [2.45, 2.75) is 33.7 Å². The molecule has 0 spiro atoms. The fraction of sp³-hybridized carbons (Fsp3) is 0.667. The third-order valence-corrected chi connectivity index (χ3v) is 4.36. The maximum absolute atomic E-state index is 3.56. The molecule has 1 aromatic rings. The van der Waals surface area contributed by atoms with Crippen LogP contribution in [0.4, 0.5) is 0 Å². The molecule has 0 amide bonds. The highest BCUT2D eigenvalue weighted by atomic mass is 32.1. The average molecular weight is 209 g/mol.